The molecule has 0 radical (unpaired) electrons. The Balaban J connectivity index is 1.73. The van der Waals surface area contributed by atoms with Gasteiger partial charge >= 0.3 is 0 Å². The second-order valence-electron chi connectivity index (χ2n) is 6.70. The Bertz CT molecular complexity index is 920. The molecule has 0 unspecified atom stereocenters. The van der Waals surface area contributed by atoms with Crippen molar-refractivity contribution in [2.24, 2.45) is 0 Å². The molecule has 1 aromatic heterocycles. The number of Topliss-reactive ketones (excluding diaryl/α,β-unsaturated/α-hetero) is 1. The summed E-state index contributed by atoms with van der Waals surface area (Å²) in [7, 11) is 0. The lowest BCUT2D eigenvalue weighted by Crippen LogP contribution is -2.14. The minimum Gasteiger partial charge on any atom is -0.494 e. The first-order chi connectivity index (χ1) is 13.5. The molecule has 3 rings (SSSR count). The second-order valence-corrected chi connectivity index (χ2v) is 8.01. The lowest BCUT2D eigenvalue weighted by atomic mass is 10.0. The van der Waals surface area contributed by atoms with Crippen molar-refractivity contribution in [2.45, 2.75) is 44.0 Å². The van der Waals surface area contributed by atoms with E-state index in [1.54, 1.807) is 16.8 Å². The summed E-state index contributed by atoms with van der Waals surface area (Å²) >= 11 is 1.35. The number of hydrogen-bond acceptors (Lipinski definition) is 6. The van der Waals surface area contributed by atoms with Crippen LogP contribution in [0.3, 0.4) is 0 Å². The molecule has 1 atom stereocenters. The van der Waals surface area contributed by atoms with Crippen LogP contribution in [0.5, 0.6) is 5.75 Å². The fraction of sp³-hybridized carbons (Fsp3) is 0.333. The van der Waals surface area contributed by atoms with Gasteiger partial charge in [0.1, 0.15) is 5.75 Å². The molecule has 0 aliphatic heterocycles. The van der Waals surface area contributed by atoms with Gasteiger partial charge in [-0.25, -0.2) is 0 Å². The number of aromatic nitrogens is 4. The van der Waals surface area contributed by atoms with Gasteiger partial charge in [-0.05, 0) is 72.2 Å². The summed E-state index contributed by atoms with van der Waals surface area (Å²) in [5.41, 5.74) is 2.77. The highest BCUT2D eigenvalue weighted by molar-refractivity contribution is 8.00. The molecular formula is C21H24N4O2S. The molecule has 0 N–H and O–H groups in total. The van der Waals surface area contributed by atoms with Crippen molar-refractivity contribution in [1.82, 2.24) is 20.2 Å². The lowest BCUT2D eigenvalue weighted by Gasteiger charge is -2.11. The topological polar surface area (TPSA) is 69.9 Å². The molecule has 7 heteroatoms. The van der Waals surface area contributed by atoms with Crippen LogP contribution in [-0.2, 0) is 0 Å². The van der Waals surface area contributed by atoms with Gasteiger partial charge in [-0.2, -0.15) is 4.68 Å². The zero-order chi connectivity index (χ0) is 20.1. The minimum absolute atomic E-state index is 0.0257. The van der Waals surface area contributed by atoms with Crippen LogP contribution in [0.4, 0.5) is 0 Å². The zero-order valence-corrected chi connectivity index (χ0v) is 17.3. The number of benzene rings is 2. The minimum atomic E-state index is -0.322. The van der Waals surface area contributed by atoms with Gasteiger partial charge in [0.25, 0.3) is 0 Å². The first-order valence-electron chi connectivity index (χ1n) is 9.32. The Morgan fingerprint density at radius 2 is 1.75 bits per heavy atom. The van der Waals surface area contributed by atoms with E-state index < -0.39 is 0 Å². The molecule has 3 aromatic rings. The van der Waals surface area contributed by atoms with E-state index in [0.29, 0.717) is 23.2 Å². The third-order valence-corrected chi connectivity index (χ3v) is 5.38. The molecule has 146 valence electrons. The highest BCUT2D eigenvalue weighted by atomic mass is 32.2. The van der Waals surface area contributed by atoms with Gasteiger partial charge in [-0.15, -0.1) is 5.10 Å². The highest BCUT2D eigenvalue weighted by Gasteiger charge is 2.20. The molecule has 28 heavy (non-hydrogen) atoms. The molecule has 2 aromatic carbocycles. The number of carbonyl (C=O) groups excluding carboxylic acids is 1. The average molecular weight is 397 g/mol. The maximum atomic E-state index is 12.8. The van der Waals surface area contributed by atoms with Gasteiger partial charge in [0.15, 0.2) is 5.78 Å². The Hall–Kier alpha value is -2.67. The summed E-state index contributed by atoms with van der Waals surface area (Å²) in [5, 5.41) is 12.2. The van der Waals surface area contributed by atoms with E-state index in [1.807, 2.05) is 38.1 Å². The Morgan fingerprint density at radius 1 is 1.07 bits per heavy atom. The van der Waals surface area contributed by atoms with E-state index in [0.717, 1.165) is 11.4 Å². The van der Waals surface area contributed by atoms with Crippen molar-refractivity contribution in [1.29, 1.82) is 0 Å². The number of nitrogens with zero attached hydrogens (tertiary/aromatic N) is 4. The Kier molecular flexibility index (Phi) is 6.46. The van der Waals surface area contributed by atoms with Crippen LogP contribution in [-0.4, -0.2) is 37.8 Å². The van der Waals surface area contributed by atoms with Crippen LogP contribution in [0.1, 0.15) is 49.5 Å². The third-order valence-electron chi connectivity index (χ3n) is 4.35. The van der Waals surface area contributed by atoms with Crippen LogP contribution in [0, 0.1) is 0 Å². The summed E-state index contributed by atoms with van der Waals surface area (Å²) in [4.78, 5) is 12.8. The van der Waals surface area contributed by atoms with E-state index in [1.165, 1.54) is 17.3 Å². The molecule has 0 fully saturated rings. The lowest BCUT2D eigenvalue weighted by molar-refractivity contribution is 0.0994. The van der Waals surface area contributed by atoms with E-state index in [4.69, 9.17) is 4.74 Å². The maximum absolute atomic E-state index is 12.8. The quantitative estimate of drug-likeness (QED) is 0.411. The Morgan fingerprint density at radius 3 is 2.36 bits per heavy atom. The number of ketones is 1. The zero-order valence-electron chi connectivity index (χ0n) is 16.5. The highest BCUT2D eigenvalue weighted by Crippen LogP contribution is 2.26. The number of rotatable bonds is 8. The summed E-state index contributed by atoms with van der Waals surface area (Å²) in [5.74, 6) is 1.24. The van der Waals surface area contributed by atoms with Gasteiger partial charge in [0, 0.05) is 5.56 Å². The predicted octanol–water partition coefficient (Wildman–Crippen LogP) is 4.55. The summed E-state index contributed by atoms with van der Waals surface area (Å²) in [6.07, 6.45) is 0. The van der Waals surface area contributed by atoms with Crippen LogP contribution in [0.15, 0.2) is 53.7 Å². The molecule has 0 bridgehead atoms. The van der Waals surface area contributed by atoms with Crippen LogP contribution < -0.4 is 4.74 Å². The second kappa shape index (κ2) is 9.01. The standard InChI is InChI=1S/C21H24N4O2S/c1-5-27-19-12-8-17(9-13-19)20(26)15(4)28-21-22-23-24-25(21)18-10-6-16(7-11-18)14(2)3/h6-15H,5H2,1-4H3/t15-/m1/s1. The van der Waals surface area contributed by atoms with E-state index in [9.17, 15) is 4.79 Å². The molecule has 0 aliphatic rings. The number of tetrazole rings is 1. The van der Waals surface area contributed by atoms with Crippen molar-refractivity contribution in [2.75, 3.05) is 6.61 Å². The van der Waals surface area contributed by atoms with Gasteiger partial charge < -0.3 is 4.74 Å². The molecule has 0 spiro atoms. The van der Waals surface area contributed by atoms with Crippen molar-refractivity contribution >= 4 is 17.5 Å². The van der Waals surface area contributed by atoms with Crippen LogP contribution in [0.25, 0.3) is 5.69 Å². The van der Waals surface area contributed by atoms with Crippen molar-refractivity contribution < 1.29 is 9.53 Å². The number of thioether (sulfide) groups is 1. The molecule has 1 heterocycles. The van der Waals surface area contributed by atoms with E-state index in [-0.39, 0.29) is 11.0 Å². The largest absolute Gasteiger partial charge is 0.494 e. The van der Waals surface area contributed by atoms with Gasteiger partial charge in [-0.3, -0.25) is 4.79 Å². The third kappa shape index (κ3) is 4.59. The predicted molar refractivity (Wildman–Crippen MR) is 111 cm³/mol. The monoisotopic (exact) mass is 396 g/mol. The Labute approximate surface area is 169 Å². The van der Waals surface area contributed by atoms with E-state index >= 15 is 0 Å². The smallest absolute Gasteiger partial charge is 0.214 e. The van der Waals surface area contributed by atoms with Crippen LogP contribution in [0.2, 0.25) is 0 Å². The fourth-order valence-corrected chi connectivity index (χ4v) is 3.63. The molecule has 6 nitrogen and oxygen atoms in total. The number of ether oxygens (including phenoxy) is 1. The van der Waals surface area contributed by atoms with E-state index in [2.05, 4.69) is 41.5 Å². The number of carbonyl (C=O) groups is 1. The fourth-order valence-electron chi connectivity index (χ4n) is 2.74. The average Bonchev–Trinajstić information content (AvgIpc) is 3.16. The summed E-state index contributed by atoms with van der Waals surface area (Å²) in [6.45, 7) is 8.70. The van der Waals surface area contributed by atoms with Crippen molar-refractivity contribution in [3.63, 3.8) is 0 Å². The van der Waals surface area contributed by atoms with Crippen molar-refractivity contribution in [3.05, 3.63) is 59.7 Å². The first kappa shape index (κ1) is 20.1. The molecule has 0 aliphatic carbocycles. The van der Waals surface area contributed by atoms with Crippen LogP contribution >= 0.6 is 11.8 Å². The normalized spacial score (nSPS) is 12.2. The van der Waals surface area contributed by atoms with Crippen molar-refractivity contribution in [3.8, 4) is 11.4 Å². The number of hydrogen-bond donors (Lipinski definition) is 0. The molecular weight excluding hydrogens is 372 g/mol. The molecule has 0 amide bonds. The SMILES string of the molecule is CCOc1ccc(C(=O)[C@@H](C)Sc2nnnn2-c2ccc(C(C)C)cc2)cc1. The van der Waals surface area contributed by atoms with Gasteiger partial charge in [-0.1, -0.05) is 37.7 Å². The summed E-state index contributed by atoms with van der Waals surface area (Å²) < 4.78 is 7.09. The van der Waals surface area contributed by atoms with Gasteiger partial charge in [0.05, 0.1) is 17.5 Å². The van der Waals surface area contributed by atoms with Gasteiger partial charge in [0.2, 0.25) is 5.16 Å². The first-order valence-corrected chi connectivity index (χ1v) is 10.2. The molecule has 0 saturated carbocycles. The molecule has 0 saturated heterocycles. The summed E-state index contributed by atoms with van der Waals surface area (Å²) in [6, 6.07) is 15.3. The maximum Gasteiger partial charge on any atom is 0.214 e.